The summed E-state index contributed by atoms with van der Waals surface area (Å²) < 4.78 is 0. The fourth-order valence-corrected chi connectivity index (χ4v) is 3.39. The van der Waals surface area contributed by atoms with Crippen molar-refractivity contribution in [1.82, 2.24) is 5.32 Å². The highest BCUT2D eigenvalue weighted by atomic mass is 79.9. The third-order valence-corrected chi connectivity index (χ3v) is 4.67. The Hall–Kier alpha value is -1.61. The molecule has 0 saturated heterocycles. The Labute approximate surface area is 133 Å². The van der Waals surface area contributed by atoms with Crippen LogP contribution < -0.4 is 5.32 Å². The zero-order valence-electron chi connectivity index (χ0n) is 11.8. The smallest absolute Gasteiger partial charge is 0.251 e. The summed E-state index contributed by atoms with van der Waals surface area (Å²) >= 11 is 3.49. The molecule has 0 bridgehead atoms. The van der Waals surface area contributed by atoms with Crippen molar-refractivity contribution >= 4 is 21.8 Å². The van der Waals surface area contributed by atoms with Gasteiger partial charge in [-0.25, -0.2) is 0 Å². The van der Waals surface area contributed by atoms with Crippen molar-refractivity contribution in [1.29, 1.82) is 0 Å². The fourth-order valence-electron chi connectivity index (χ4n) is 2.85. The Morgan fingerprint density at radius 3 is 2.62 bits per heavy atom. The Morgan fingerprint density at radius 2 is 1.86 bits per heavy atom. The van der Waals surface area contributed by atoms with Gasteiger partial charge in [0.2, 0.25) is 0 Å². The second-order valence-corrected chi connectivity index (χ2v) is 6.08. The average molecular weight is 344 g/mol. The van der Waals surface area contributed by atoms with Crippen LogP contribution in [0.15, 0.2) is 48.5 Å². The molecule has 1 unspecified atom stereocenters. The minimum atomic E-state index is -0.00745. The largest absolute Gasteiger partial charge is 0.344 e. The second kappa shape index (κ2) is 6.44. The molecule has 1 N–H and O–H groups in total. The van der Waals surface area contributed by atoms with Gasteiger partial charge in [-0.1, -0.05) is 52.3 Å². The van der Waals surface area contributed by atoms with Gasteiger partial charge in [0.25, 0.3) is 5.91 Å². The molecule has 1 aliphatic rings. The number of amides is 1. The average Bonchev–Trinajstić information content (AvgIpc) is 3.00. The summed E-state index contributed by atoms with van der Waals surface area (Å²) in [5.41, 5.74) is 4.60. The van der Waals surface area contributed by atoms with Crippen LogP contribution in [0.5, 0.6) is 0 Å². The highest BCUT2D eigenvalue weighted by Gasteiger charge is 2.17. The normalized spacial score (nSPS) is 14.5. The number of benzene rings is 2. The van der Waals surface area contributed by atoms with E-state index in [2.05, 4.69) is 27.3 Å². The lowest BCUT2D eigenvalue weighted by Crippen LogP contribution is -2.29. The van der Waals surface area contributed by atoms with Crippen molar-refractivity contribution in [2.24, 2.45) is 0 Å². The fraction of sp³-hybridized carbons (Fsp3) is 0.278. The molecule has 0 saturated carbocycles. The van der Waals surface area contributed by atoms with Crippen molar-refractivity contribution in [2.75, 3.05) is 5.33 Å². The molecule has 2 nitrogen and oxygen atoms in total. The van der Waals surface area contributed by atoms with E-state index in [4.69, 9.17) is 0 Å². The Kier molecular flexibility index (Phi) is 4.39. The van der Waals surface area contributed by atoms with Gasteiger partial charge in [-0.2, -0.15) is 0 Å². The summed E-state index contributed by atoms with van der Waals surface area (Å²) in [7, 11) is 0. The van der Waals surface area contributed by atoms with Crippen molar-refractivity contribution in [3.05, 3.63) is 70.8 Å². The lowest BCUT2D eigenvalue weighted by molar-refractivity contribution is 0.0940. The van der Waals surface area contributed by atoms with Crippen LogP contribution in [0.2, 0.25) is 0 Å². The van der Waals surface area contributed by atoms with Crippen LogP contribution in [0.4, 0.5) is 0 Å². The van der Waals surface area contributed by atoms with E-state index in [0.29, 0.717) is 5.33 Å². The molecule has 3 heteroatoms. The molecule has 3 rings (SSSR count). The molecule has 0 spiro atoms. The van der Waals surface area contributed by atoms with E-state index >= 15 is 0 Å². The van der Waals surface area contributed by atoms with Gasteiger partial charge >= 0.3 is 0 Å². The number of hydrogen-bond donors (Lipinski definition) is 1. The second-order valence-electron chi connectivity index (χ2n) is 5.43. The molecule has 108 valence electrons. The maximum absolute atomic E-state index is 12.5. The summed E-state index contributed by atoms with van der Waals surface area (Å²) in [6, 6.07) is 16.1. The van der Waals surface area contributed by atoms with Gasteiger partial charge in [0.15, 0.2) is 0 Å². The van der Waals surface area contributed by atoms with Gasteiger partial charge in [-0.05, 0) is 48.1 Å². The molecule has 2 aromatic carbocycles. The van der Waals surface area contributed by atoms with Crippen LogP contribution in [-0.2, 0) is 12.8 Å². The van der Waals surface area contributed by atoms with E-state index in [0.717, 1.165) is 24.0 Å². The summed E-state index contributed by atoms with van der Waals surface area (Å²) in [6.07, 6.45) is 3.44. The monoisotopic (exact) mass is 343 g/mol. The molecule has 0 aromatic heterocycles. The Morgan fingerprint density at radius 1 is 1.10 bits per heavy atom. The summed E-state index contributed by atoms with van der Waals surface area (Å²) in [5, 5.41) is 3.81. The minimum absolute atomic E-state index is 0.00185. The lowest BCUT2D eigenvalue weighted by Gasteiger charge is -2.17. The van der Waals surface area contributed by atoms with Crippen LogP contribution in [0.1, 0.15) is 39.5 Å². The molecule has 2 aromatic rings. The zero-order chi connectivity index (χ0) is 14.7. The first-order valence-electron chi connectivity index (χ1n) is 7.31. The Balaban J connectivity index is 1.76. The number of hydrogen-bond acceptors (Lipinski definition) is 1. The molecular weight excluding hydrogens is 326 g/mol. The third-order valence-electron chi connectivity index (χ3n) is 4.02. The van der Waals surface area contributed by atoms with Gasteiger partial charge in [-0.15, -0.1) is 0 Å². The van der Waals surface area contributed by atoms with E-state index in [9.17, 15) is 4.79 Å². The summed E-state index contributed by atoms with van der Waals surface area (Å²) in [6.45, 7) is 0. The van der Waals surface area contributed by atoms with Crippen LogP contribution in [0.3, 0.4) is 0 Å². The molecule has 1 amide bonds. The van der Waals surface area contributed by atoms with E-state index in [1.807, 2.05) is 42.5 Å². The number of fused-ring (bicyclic) bond motifs is 1. The predicted molar refractivity (Wildman–Crippen MR) is 88.9 cm³/mol. The molecule has 1 atom stereocenters. The van der Waals surface area contributed by atoms with Gasteiger partial charge in [0.1, 0.15) is 0 Å². The maximum Gasteiger partial charge on any atom is 0.251 e. The predicted octanol–water partition coefficient (Wildman–Crippen LogP) is 4.04. The van der Waals surface area contributed by atoms with Gasteiger partial charge in [0, 0.05) is 10.9 Å². The van der Waals surface area contributed by atoms with E-state index in [1.54, 1.807) is 0 Å². The summed E-state index contributed by atoms with van der Waals surface area (Å²) in [4.78, 5) is 12.5. The van der Waals surface area contributed by atoms with Crippen LogP contribution in [-0.4, -0.2) is 11.2 Å². The number of nitrogens with one attached hydrogen (secondary N) is 1. The maximum atomic E-state index is 12.5. The third kappa shape index (κ3) is 3.18. The van der Waals surface area contributed by atoms with E-state index < -0.39 is 0 Å². The molecule has 0 aliphatic heterocycles. The molecule has 0 heterocycles. The number of carbonyl (C=O) groups excluding carboxylic acids is 1. The highest BCUT2D eigenvalue weighted by molar-refractivity contribution is 9.09. The zero-order valence-corrected chi connectivity index (χ0v) is 13.4. The van der Waals surface area contributed by atoms with Crippen molar-refractivity contribution < 1.29 is 4.79 Å². The van der Waals surface area contributed by atoms with Gasteiger partial charge in [0.05, 0.1) is 6.04 Å². The first-order chi connectivity index (χ1) is 10.3. The van der Waals surface area contributed by atoms with Gasteiger partial charge < -0.3 is 5.32 Å². The van der Waals surface area contributed by atoms with Gasteiger partial charge in [-0.3, -0.25) is 4.79 Å². The number of rotatable bonds is 4. The molecule has 1 aliphatic carbocycles. The highest BCUT2D eigenvalue weighted by Crippen LogP contribution is 2.23. The number of alkyl halides is 1. The van der Waals surface area contributed by atoms with E-state index in [1.165, 1.54) is 17.5 Å². The van der Waals surface area contributed by atoms with Crippen LogP contribution in [0, 0.1) is 0 Å². The molecule has 21 heavy (non-hydrogen) atoms. The molecule has 0 radical (unpaired) electrons. The first kappa shape index (κ1) is 14.3. The topological polar surface area (TPSA) is 29.1 Å². The summed E-state index contributed by atoms with van der Waals surface area (Å²) in [5.74, 6) is -0.00185. The molecular formula is C18H18BrNO. The SMILES string of the molecule is O=C(NC(CBr)c1ccccc1)c1ccc2c(c1)CCC2. The Bertz CT molecular complexity index is 639. The van der Waals surface area contributed by atoms with E-state index in [-0.39, 0.29) is 11.9 Å². The van der Waals surface area contributed by atoms with Crippen molar-refractivity contribution in [3.63, 3.8) is 0 Å². The molecule has 0 fully saturated rings. The number of carbonyl (C=O) groups is 1. The number of aryl methyl sites for hydroxylation is 2. The minimum Gasteiger partial charge on any atom is -0.344 e. The van der Waals surface area contributed by atoms with Crippen LogP contribution >= 0.6 is 15.9 Å². The number of halogens is 1. The van der Waals surface area contributed by atoms with Crippen molar-refractivity contribution in [3.8, 4) is 0 Å². The standard InChI is InChI=1S/C18H18BrNO/c19-12-17(14-5-2-1-3-6-14)20-18(21)16-10-9-13-7-4-8-15(13)11-16/h1-3,5-6,9-11,17H,4,7-8,12H2,(H,20,21). The van der Waals surface area contributed by atoms with Crippen molar-refractivity contribution in [2.45, 2.75) is 25.3 Å². The quantitative estimate of drug-likeness (QED) is 0.834. The first-order valence-corrected chi connectivity index (χ1v) is 8.43. The van der Waals surface area contributed by atoms with Crippen LogP contribution in [0.25, 0.3) is 0 Å². The lowest BCUT2D eigenvalue weighted by atomic mass is 10.0.